The van der Waals surface area contributed by atoms with Gasteiger partial charge in [0.2, 0.25) is 0 Å². The SMILES string of the molecule is COC(=O)C1CC(c2ccccc2)CN(c2cc(Cl)nc(C3CC3)n2)C1. The van der Waals surface area contributed by atoms with Gasteiger partial charge in [-0.15, -0.1) is 0 Å². The molecule has 0 N–H and O–H groups in total. The van der Waals surface area contributed by atoms with Crippen LogP contribution in [0, 0.1) is 5.92 Å². The molecule has 1 aliphatic carbocycles. The van der Waals surface area contributed by atoms with Crippen LogP contribution in [-0.2, 0) is 9.53 Å². The van der Waals surface area contributed by atoms with Crippen LogP contribution in [-0.4, -0.2) is 36.1 Å². The normalized spacial score (nSPS) is 22.9. The third-order valence-corrected chi connectivity index (χ3v) is 5.41. The molecule has 2 aromatic rings. The monoisotopic (exact) mass is 371 g/mol. The lowest BCUT2D eigenvalue weighted by Gasteiger charge is -2.37. The van der Waals surface area contributed by atoms with Crippen LogP contribution in [0.4, 0.5) is 5.82 Å². The Balaban J connectivity index is 1.64. The molecule has 2 aliphatic rings. The van der Waals surface area contributed by atoms with Gasteiger partial charge in [0, 0.05) is 31.0 Å². The third kappa shape index (κ3) is 3.68. The van der Waals surface area contributed by atoms with Crippen LogP contribution in [0.25, 0.3) is 0 Å². The van der Waals surface area contributed by atoms with Crippen molar-refractivity contribution in [1.82, 2.24) is 9.97 Å². The van der Waals surface area contributed by atoms with Gasteiger partial charge in [-0.25, -0.2) is 9.97 Å². The Kier molecular flexibility index (Phi) is 4.81. The second-order valence-corrected chi connectivity index (χ2v) is 7.54. The molecule has 2 unspecified atom stereocenters. The highest BCUT2D eigenvalue weighted by atomic mass is 35.5. The zero-order valence-corrected chi connectivity index (χ0v) is 15.5. The van der Waals surface area contributed by atoms with Gasteiger partial charge in [-0.3, -0.25) is 4.79 Å². The van der Waals surface area contributed by atoms with Crippen LogP contribution >= 0.6 is 11.6 Å². The zero-order valence-electron chi connectivity index (χ0n) is 14.8. The molecule has 1 aliphatic heterocycles. The summed E-state index contributed by atoms with van der Waals surface area (Å²) in [7, 11) is 1.45. The first-order valence-electron chi connectivity index (χ1n) is 9.06. The maximum atomic E-state index is 12.3. The van der Waals surface area contributed by atoms with Gasteiger partial charge >= 0.3 is 5.97 Å². The number of aromatic nitrogens is 2. The van der Waals surface area contributed by atoms with Gasteiger partial charge in [0.15, 0.2) is 0 Å². The molecule has 0 amide bonds. The highest BCUT2D eigenvalue weighted by molar-refractivity contribution is 6.29. The van der Waals surface area contributed by atoms with Crippen LogP contribution in [0.5, 0.6) is 0 Å². The predicted octanol–water partition coefficient (Wildman–Crippen LogP) is 3.79. The molecule has 2 heterocycles. The Labute approximate surface area is 158 Å². The first-order valence-corrected chi connectivity index (χ1v) is 9.44. The van der Waals surface area contributed by atoms with Gasteiger partial charge in [0.05, 0.1) is 13.0 Å². The summed E-state index contributed by atoms with van der Waals surface area (Å²) < 4.78 is 5.03. The lowest BCUT2D eigenvalue weighted by molar-refractivity contribution is -0.145. The number of methoxy groups -OCH3 is 1. The average Bonchev–Trinajstić information content (AvgIpc) is 3.52. The van der Waals surface area contributed by atoms with E-state index in [9.17, 15) is 4.79 Å². The van der Waals surface area contributed by atoms with Crippen LogP contribution < -0.4 is 4.90 Å². The number of hydrogen-bond acceptors (Lipinski definition) is 5. The second kappa shape index (κ2) is 7.23. The molecule has 6 heteroatoms. The third-order valence-electron chi connectivity index (χ3n) is 5.22. The minimum Gasteiger partial charge on any atom is -0.469 e. The molecule has 2 atom stereocenters. The fraction of sp³-hybridized carbons (Fsp3) is 0.450. The molecule has 1 aromatic carbocycles. The summed E-state index contributed by atoms with van der Waals surface area (Å²) in [5.41, 5.74) is 1.23. The summed E-state index contributed by atoms with van der Waals surface area (Å²) >= 11 is 6.25. The van der Waals surface area contributed by atoms with Crippen molar-refractivity contribution in [1.29, 1.82) is 0 Å². The van der Waals surface area contributed by atoms with Crippen molar-refractivity contribution in [2.24, 2.45) is 5.92 Å². The minimum absolute atomic E-state index is 0.168. The van der Waals surface area contributed by atoms with Crippen molar-refractivity contribution in [2.45, 2.75) is 31.1 Å². The average molecular weight is 372 g/mol. The maximum absolute atomic E-state index is 12.3. The smallest absolute Gasteiger partial charge is 0.310 e. The standard InChI is InChI=1S/C20H22ClN3O2/c1-26-20(25)16-9-15(13-5-3-2-4-6-13)11-24(12-16)18-10-17(21)22-19(23-18)14-7-8-14/h2-6,10,14-16H,7-9,11-12H2,1H3. The number of rotatable bonds is 4. The molecule has 2 fully saturated rings. The van der Waals surface area contributed by atoms with E-state index >= 15 is 0 Å². The van der Waals surface area contributed by atoms with Gasteiger partial charge < -0.3 is 9.64 Å². The molecule has 26 heavy (non-hydrogen) atoms. The van der Waals surface area contributed by atoms with E-state index in [0.717, 1.165) is 37.4 Å². The number of nitrogens with zero attached hydrogens (tertiary/aromatic N) is 3. The molecule has 5 nitrogen and oxygen atoms in total. The van der Waals surface area contributed by atoms with Crippen LogP contribution in [0.15, 0.2) is 36.4 Å². The topological polar surface area (TPSA) is 55.3 Å². The van der Waals surface area contributed by atoms with E-state index in [0.29, 0.717) is 17.6 Å². The molecule has 4 rings (SSSR count). The fourth-order valence-corrected chi connectivity index (χ4v) is 3.88. The Morgan fingerprint density at radius 1 is 1.15 bits per heavy atom. The molecule has 0 bridgehead atoms. The molecule has 1 saturated heterocycles. The summed E-state index contributed by atoms with van der Waals surface area (Å²) in [6, 6.07) is 12.1. The highest BCUT2D eigenvalue weighted by Gasteiger charge is 2.35. The van der Waals surface area contributed by atoms with Crippen molar-refractivity contribution >= 4 is 23.4 Å². The van der Waals surface area contributed by atoms with E-state index in [4.69, 9.17) is 21.3 Å². The van der Waals surface area contributed by atoms with Crippen molar-refractivity contribution in [3.63, 3.8) is 0 Å². The number of halogens is 1. The summed E-state index contributed by atoms with van der Waals surface area (Å²) in [6.07, 6.45) is 3.02. The van der Waals surface area contributed by atoms with Gasteiger partial charge in [-0.1, -0.05) is 41.9 Å². The zero-order chi connectivity index (χ0) is 18.1. The predicted molar refractivity (Wildman–Crippen MR) is 101 cm³/mol. The number of piperidine rings is 1. The van der Waals surface area contributed by atoms with E-state index in [1.807, 2.05) is 18.2 Å². The van der Waals surface area contributed by atoms with E-state index in [2.05, 4.69) is 22.0 Å². The van der Waals surface area contributed by atoms with Gasteiger partial charge in [0.1, 0.15) is 16.8 Å². The van der Waals surface area contributed by atoms with E-state index in [-0.39, 0.29) is 17.8 Å². The maximum Gasteiger partial charge on any atom is 0.310 e. The Hall–Kier alpha value is -2.14. The number of carbonyl (C=O) groups excluding carboxylic acids is 1. The molecule has 0 radical (unpaired) electrons. The molecule has 0 spiro atoms. The van der Waals surface area contributed by atoms with Crippen molar-refractivity contribution in [3.05, 3.63) is 52.9 Å². The number of benzene rings is 1. The van der Waals surface area contributed by atoms with Crippen LogP contribution in [0.2, 0.25) is 5.15 Å². The Morgan fingerprint density at radius 2 is 1.92 bits per heavy atom. The Bertz CT molecular complexity index is 795. The fourth-order valence-electron chi connectivity index (χ4n) is 3.70. The molecular formula is C20H22ClN3O2. The minimum atomic E-state index is -0.183. The van der Waals surface area contributed by atoms with Gasteiger partial charge in [-0.05, 0) is 24.8 Å². The lowest BCUT2D eigenvalue weighted by Crippen LogP contribution is -2.43. The van der Waals surface area contributed by atoms with E-state index in [1.165, 1.54) is 12.7 Å². The highest BCUT2D eigenvalue weighted by Crippen LogP contribution is 2.40. The van der Waals surface area contributed by atoms with Crippen molar-refractivity contribution in [2.75, 3.05) is 25.1 Å². The number of esters is 1. The summed E-state index contributed by atoms with van der Waals surface area (Å²) in [5, 5.41) is 0.466. The van der Waals surface area contributed by atoms with Gasteiger partial charge in [-0.2, -0.15) is 0 Å². The molecule has 136 valence electrons. The van der Waals surface area contributed by atoms with Crippen LogP contribution in [0.1, 0.15) is 42.5 Å². The molecule has 1 aromatic heterocycles. The van der Waals surface area contributed by atoms with E-state index < -0.39 is 0 Å². The van der Waals surface area contributed by atoms with Gasteiger partial charge in [0.25, 0.3) is 0 Å². The second-order valence-electron chi connectivity index (χ2n) is 7.15. The number of anilines is 1. The Morgan fingerprint density at radius 3 is 2.62 bits per heavy atom. The first-order chi connectivity index (χ1) is 12.6. The van der Waals surface area contributed by atoms with E-state index in [1.54, 1.807) is 6.07 Å². The summed E-state index contributed by atoms with van der Waals surface area (Å²) in [6.45, 7) is 1.39. The number of ether oxygens (including phenoxy) is 1. The van der Waals surface area contributed by atoms with Crippen LogP contribution in [0.3, 0.4) is 0 Å². The largest absolute Gasteiger partial charge is 0.469 e. The molecular weight excluding hydrogens is 350 g/mol. The lowest BCUT2D eigenvalue weighted by atomic mass is 9.84. The molecule has 1 saturated carbocycles. The quantitative estimate of drug-likeness (QED) is 0.604. The number of hydrogen-bond donors (Lipinski definition) is 0. The number of carbonyl (C=O) groups is 1. The summed E-state index contributed by atoms with van der Waals surface area (Å²) in [5.74, 6) is 1.95. The first kappa shape index (κ1) is 17.3. The van der Waals surface area contributed by atoms with Crippen molar-refractivity contribution in [3.8, 4) is 0 Å². The van der Waals surface area contributed by atoms with Crippen molar-refractivity contribution < 1.29 is 9.53 Å². The summed E-state index contributed by atoms with van der Waals surface area (Å²) in [4.78, 5) is 23.5.